The topological polar surface area (TPSA) is 105 Å². The van der Waals surface area contributed by atoms with E-state index in [-0.39, 0.29) is 36.7 Å². The largest absolute Gasteiger partial charge is 0.480 e. The lowest BCUT2D eigenvalue weighted by molar-refractivity contribution is -0.141. The zero-order chi connectivity index (χ0) is 14.3. The molecule has 1 aliphatic heterocycles. The van der Waals surface area contributed by atoms with Gasteiger partial charge in [0.2, 0.25) is 11.8 Å². The Balaban J connectivity index is 1.71. The Labute approximate surface area is 114 Å². The smallest absolute Gasteiger partial charge is 0.325 e. The van der Waals surface area contributed by atoms with Crippen LogP contribution in [0.2, 0.25) is 0 Å². The molecule has 0 radical (unpaired) electrons. The van der Waals surface area contributed by atoms with E-state index in [4.69, 9.17) is 5.11 Å². The molecule has 0 aromatic carbocycles. The number of hydrogen-bond donors (Lipinski definition) is 1. The number of carbonyl (C=O) groups excluding carboxylic acids is 2. The van der Waals surface area contributed by atoms with E-state index in [0.717, 1.165) is 19.3 Å². The van der Waals surface area contributed by atoms with E-state index in [1.165, 1.54) is 15.8 Å². The van der Waals surface area contributed by atoms with Gasteiger partial charge in [0.1, 0.15) is 12.2 Å². The highest BCUT2D eigenvalue weighted by Gasteiger charge is 2.49. The molecule has 3 rings (SSSR count). The summed E-state index contributed by atoms with van der Waals surface area (Å²) in [5.41, 5.74) is 0.424. The van der Waals surface area contributed by atoms with Crippen molar-refractivity contribution in [1.29, 1.82) is 0 Å². The van der Waals surface area contributed by atoms with Crippen LogP contribution in [0.3, 0.4) is 0 Å². The van der Waals surface area contributed by atoms with Gasteiger partial charge in [-0.05, 0) is 12.8 Å². The van der Waals surface area contributed by atoms with Gasteiger partial charge in [-0.3, -0.25) is 19.3 Å². The lowest BCUT2D eigenvalue weighted by Crippen LogP contribution is -2.31. The Kier molecular flexibility index (Phi) is 3.00. The molecule has 1 N–H and O–H groups in total. The van der Waals surface area contributed by atoms with Crippen LogP contribution in [-0.4, -0.2) is 42.8 Å². The first-order valence-corrected chi connectivity index (χ1v) is 6.52. The molecular weight excluding hydrogens is 264 g/mol. The summed E-state index contributed by atoms with van der Waals surface area (Å²) in [5, 5.41) is 16.1. The van der Waals surface area contributed by atoms with E-state index in [9.17, 15) is 14.4 Å². The fourth-order valence-corrected chi connectivity index (χ4v) is 3.00. The molecule has 106 valence electrons. The predicted molar refractivity (Wildman–Crippen MR) is 64.0 cm³/mol. The number of amides is 2. The summed E-state index contributed by atoms with van der Waals surface area (Å²) in [6.45, 7) is -0.218. The number of carboxylic acid groups (broad SMARTS) is 1. The minimum absolute atomic E-state index is 0.0737. The van der Waals surface area contributed by atoms with Crippen molar-refractivity contribution in [3.05, 3.63) is 11.9 Å². The highest BCUT2D eigenvalue weighted by Crippen LogP contribution is 2.40. The average molecular weight is 278 g/mol. The van der Waals surface area contributed by atoms with E-state index in [0.29, 0.717) is 5.69 Å². The van der Waals surface area contributed by atoms with Crippen molar-refractivity contribution < 1.29 is 19.5 Å². The third-order valence-electron chi connectivity index (χ3n) is 3.89. The monoisotopic (exact) mass is 278 g/mol. The first kappa shape index (κ1) is 12.8. The van der Waals surface area contributed by atoms with Crippen LogP contribution in [0.15, 0.2) is 6.20 Å². The lowest BCUT2D eigenvalue weighted by atomic mass is 10.00. The van der Waals surface area contributed by atoms with Crippen molar-refractivity contribution in [3.8, 4) is 0 Å². The maximum atomic E-state index is 12.1. The highest BCUT2D eigenvalue weighted by atomic mass is 16.4. The zero-order valence-corrected chi connectivity index (χ0v) is 10.7. The van der Waals surface area contributed by atoms with Crippen LogP contribution in [-0.2, 0) is 27.5 Å². The molecule has 1 aliphatic carbocycles. The second-order valence-corrected chi connectivity index (χ2v) is 5.21. The Bertz CT molecular complexity index is 560. The van der Waals surface area contributed by atoms with Crippen molar-refractivity contribution in [2.24, 2.45) is 11.8 Å². The summed E-state index contributed by atoms with van der Waals surface area (Å²) in [5.74, 6) is -1.63. The van der Waals surface area contributed by atoms with Gasteiger partial charge in [-0.15, -0.1) is 5.10 Å². The van der Waals surface area contributed by atoms with Gasteiger partial charge in [0, 0.05) is 0 Å². The number of fused-ring (bicyclic) bond motifs is 1. The van der Waals surface area contributed by atoms with Crippen molar-refractivity contribution >= 4 is 17.8 Å². The van der Waals surface area contributed by atoms with E-state index in [1.54, 1.807) is 0 Å². The number of likely N-dealkylation sites (tertiary alicyclic amines) is 1. The molecule has 1 saturated heterocycles. The van der Waals surface area contributed by atoms with Crippen molar-refractivity contribution in [2.45, 2.75) is 32.4 Å². The van der Waals surface area contributed by atoms with Gasteiger partial charge in [-0.25, -0.2) is 4.68 Å². The van der Waals surface area contributed by atoms with Crippen LogP contribution < -0.4 is 0 Å². The van der Waals surface area contributed by atoms with Crippen LogP contribution in [0.4, 0.5) is 0 Å². The standard InChI is InChI=1S/C12H14N4O4/c17-10(18)6-15-4-7(13-14-15)5-16-11(19)8-2-1-3-9(8)12(16)20/h4,8-9H,1-3,5-6H2,(H,17,18). The molecule has 2 fully saturated rings. The summed E-state index contributed by atoms with van der Waals surface area (Å²) in [7, 11) is 0. The van der Waals surface area contributed by atoms with Crippen LogP contribution in [0.25, 0.3) is 0 Å². The first-order chi connectivity index (χ1) is 9.56. The Morgan fingerprint density at radius 3 is 2.55 bits per heavy atom. The van der Waals surface area contributed by atoms with E-state index in [1.807, 2.05) is 0 Å². The molecule has 1 saturated carbocycles. The lowest BCUT2D eigenvalue weighted by Gasteiger charge is -2.13. The minimum atomic E-state index is -1.02. The minimum Gasteiger partial charge on any atom is -0.480 e. The van der Waals surface area contributed by atoms with Crippen LogP contribution in [0, 0.1) is 11.8 Å². The maximum absolute atomic E-state index is 12.1. The molecule has 1 aromatic rings. The normalized spacial score (nSPS) is 25.3. The van der Waals surface area contributed by atoms with Crippen molar-refractivity contribution in [1.82, 2.24) is 19.9 Å². The molecule has 0 spiro atoms. The van der Waals surface area contributed by atoms with Crippen LogP contribution >= 0.6 is 0 Å². The fraction of sp³-hybridized carbons (Fsp3) is 0.583. The Morgan fingerprint density at radius 2 is 1.95 bits per heavy atom. The van der Waals surface area contributed by atoms with Crippen LogP contribution in [0.5, 0.6) is 0 Å². The van der Waals surface area contributed by atoms with Gasteiger partial charge >= 0.3 is 5.97 Å². The van der Waals surface area contributed by atoms with Crippen molar-refractivity contribution in [3.63, 3.8) is 0 Å². The number of hydrogen-bond acceptors (Lipinski definition) is 5. The average Bonchev–Trinajstić information content (AvgIpc) is 3.06. The highest BCUT2D eigenvalue weighted by molar-refractivity contribution is 6.05. The predicted octanol–water partition coefficient (Wildman–Crippen LogP) is -0.352. The second-order valence-electron chi connectivity index (χ2n) is 5.21. The summed E-state index contributed by atoms with van der Waals surface area (Å²) in [6.07, 6.45) is 3.92. The summed E-state index contributed by atoms with van der Waals surface area (Å²) in [6, 6.07) is 0. The van der Waals surface area contributed by atoms with Crippen molar-refractivity contribution in [2.75, 3.05) is 0 Å². The Hall–Kier alpha value is -2.25. The number of carbonyl (C=O) groups is 3. The molecule has 8 heteroatoms. The molecule has 2 heterocycles. The van der Waals surface area contributed by atoms with Gasteiger partial charge in [0.25, 0.3) is 0 Å². The van der Waals surface area contributed by atoms with Gasteiger partial charge < -0.3 is 5.11 Å². The Morgan fingerprint density at radius 1 is 1.30 bits per heavy atom. The number of imide groups is 1. The number of aromatic nitrogens is 3. The number of aliphatic carboxylic acids is 1. The first-order valence-electron chi connectivity index (χ1n) is 6.52. The quantitative estimate of drug-likeness (QED) is 0.754. The molecule has 8 nitrogen and oxygen atoms in total. The van der Waals surface area contributed by atoms with Gasteiger partial charge in [-0.2, -0.15) is 0 Å². The third-order valence-corrected chi connectivity index (χ3v) is 3.89. The van der Waals surface area contributed by atoms with E-state index >= 15 is 0 Å². The van der Waals surface area contributed by atoms with Gasteiger partial charge in [0.15, 0.2) is 0 Å². The summed E-state index contributed by atoms with van der Waals surface area (Å²) >= 11 is 0. The molecule has 2 atom stereocenters. The molecule has 2 aliphatic rings. The fourth-order valence-electron chi connectivity index (χ4n) is 3.00. The molecular formula is C12H14N4O4. The SMILES string of the molecule is O=C(O)Cn1cc(CN2C(=O)C3CCCC3C2=O)nn1. The number of nitrogens with zero attached hydrogens (tertiary/aromatic N) is 4. The van der Waals surface area contributed by atoms with Crippen LogP contribution in [0.1, 0.15) is 25.0 Å². The summed E-state index contributed by atoms with van der Waals surface area (Å²) in [4.78, 5) is 36.1. The van der Waals surface area contributed by atoms with Gasteiger partial charge in [0.05, 0.1) is 24.6 Å². The van der Waals surface area contributed by atoms with E-state index in [2.05, 4.69) is 10.3 Å². The molecule has 2 amide bonds. The molecule has 1 aromatic heterocycles. The zero-order valence-electron chi connectivity index (χ0n) is 10.7. The van der Waals surface area contributed by atoms with Gasteiger partial charge in [-0.1, -0.05) is 11.6 Å². The van der Waals surface area contributed by atoms with E-state index < -0.39 is 5.97 Å². The number of carboxylic acids is 1. The molecule has 20 heavy (non-hydrogen) atoms. The summed E-state index contributed by atoms with van der Waals surface area (Å²) < 4.78 is 1.17. The maximum Gasteiger partial charge on any atom is 0.325 e. The third kappa shape index (κ3) is 2.06. The molecule has 2 unspecified atom stereocenters. The number of rotatable bonds is 4. The second kappa shape index (κ2) is 4.69. The molecule has 0 bridgehead atoms.